The van der Waals surface area contributed by atoms with Gasteiger partial charge in [-0.05, 0) is 44.7 Å². The Morgan fingerprint density at radius 3 is 2.68 bits per heavy atom. The maximum Gasteiger partial charge on any atom is 0.152 e. The van der Waals surface area contributed by atoms with E-state index >= 15 is 0 Å². The number of ether oxygens (including phenoxy) is 1. The van der Waals surface area contributed by atoms with Crippen molar-refractivity contribution in [2.24, 2.45) is 0 Å². The molecule has 3 heteroatoms. The fraction of sp³-hybridized carbons (Fsp3) is 0.438. The second kappa shape index (κ2) is 10.3. The van der Waals surface area contributed by atoms with Crippen LogP contribution in [-0.4, -0.2) is 25.5 Å². The van der Waals surface area contributed by atoms with Crippen molar-refractivity contribution in [3.05, 3.63) is 35.9 Å². The Labute approximate surface area is 116 Å². The summed E-state index contributed by atoms with van der Waals surface area (Å²) < 4.78 is 5.72. The van der Waals surface area contributed by atoms with Gasteiger partial charge in [0.05, 0.1) is 0 Å². The Kier molecular flexibility index (Phi) is 9.45. The average Bonchev–Trinajstić information content (AvgIpc) is 2.39. The molecule has 1 aromatic rings. The molecule has 0 amide bonds. The van der Waals surface area contributed by atoms with Crippen LogP contribution in [0.5, 0.6) is 5.75 Å². The molecule has 0 bridgehead atoms. The molecule has 0 heterocycles. The lowest BCUT2D eigenvalue weighted by atomic mass is 10.2. The summed E-state index contributed by atoms with van der Waals surface area (Å²) in [4.78, 5) is 10.8. The van der Waals surface area contributed by atoms with E-state index in [0.717, 1.165) is 17.9 Å². The zero-order chi connectivity index (χ0) is 14.7. The normalized spacial score (nSPS) is 11.6. The number of carbonyl (C=O) groups is 1. The molecule has 0 radical (unpaired) electrons. The Morgan fingerprint density at radius 2 is 2.11 bits per heavy atom. The van der Waals surface area contributed by atoms with Gasteiger partial charge >= 0.3 is 0 Å². The first-order valence-electron chi connectivity index (χ1n) is 6.72. The Balaban J connectivity index is 0.00000154. The number of rotatable bonds is 6. The van der Waals surface area contributed by atoms with Gasteiger partial charge < -0.3 is 10.1 Å². The van der Waals surface area contributed by atoms with Crippen LogP contribution in [0.4, 0.5) is 0 Å². The van der Waals surface area contributed by atoms with E-state index in [1.165, 1.54) is 6.92 Å². The number of hydrogen-bond acceptors (Lipinski definition) is 3. The minimum Gasteiger partial charge on any atom is -0.489 e. The summed E-state index contributed by atoms with van der Waals surface area (Å²) in [5.41, 5.74) is 0.967. The molecule has 0 saturated heterocycles. The van der Waals surface area contributed by atoms with Crippen LogP contribution >= 0.6 is 0 Å². The molecule has 0 aromatic heterocycles. The molecule has 1 atom stereocenters. The summed E-state index contributed by atoms with van der Waals surface area (Å²) in [5.74, 6) is 0.860. The number of hydrogen-bond donors (Lipinski definition) is 1. The van der Waals surface area contributed by atoms with Crippen molar-refractivity contribution in [3.8, 4) is 5.75 Å². The third-order valence-electron chi connectivity index (χ3n) is 2.20. The minimum atomic E-state index is 0.0415. The van der Waals surface area contributed by atoms with Gasteiger partial charge in [0.25, 0.3) is 0 Å². The van der Waals surface area contributed by atoms with E-state index in [9.17, 15) is 4.79 Å². The first-order valence-corrected chi connectivity index (χ1v) is 6.72. The van der Waals surface area contributed by atoms with Crippen molar-refractivity contribution >= 4 is 11.9 Å². The fourth-order valence-electron chi connectivity index (χ4n) is 1.47. The van der Waals surface area contributed by atoms with Crippen LogP contribution in [0.15, 0.2) is 30.3 Å². The van der Waals surface area contributed by atoms with Gasteiger partial charge in [-0.1, -0.05) is 32.1 Å². The highest BCUT2D eigenvalue weighted by molar-refractivity contribution is 5.91. The van der Waals surface area contributed by atoms with Gasteiger partial charge in [0.15, 0.2) is 5.78 Å². The van der Waals surface area contributed by atoms with Crippen LogP contribution in [-0.2, 0) is 4.79 Å². The lowest BCUT2D eigenvalue weighted by molar-refractivity contribution is -0.112. The monoisotopic (exact) mass is 263 g/mol. The minimum absolute atomic E-state index is 0.0415. The Hall–Kier alpha value is -1.61. The van der Waals surface area contributed by atoms with Crippen LogP contribution in [0.25, 0.3) is 6.08 Å². The topological polar surface area (TPSA) is 38.3 Å². The van der Waals surface area contributed by atoms with Gasteiger partial charge in [0.1, 0.15) is 11.9 Å². The smallest absolute Gasteiger partial charge is 0.152 e. The SMILES string of the molecule is CC.CNCC(C)Oc1cccc(/C=C/C(C)=O)c1. The van der Waals surface area contributed by atoms with E-state index in [4.69, 9.17) is 4.74 Å². The van der Waals surface area contributed by atoms with E-state index in [0.29, 0.717) is 0 Å². The summed E-state index contributed by atoms with van der Waals surface area (Å²) in [6, 6.07) is 7.69. The van der Waals surface area contributed by atoms with Gasteiger partial charge in [0.2, 0.25) is 0 Å². The van der Waals surface area contributed by atoms with Crippen LogP contribution in [0.2, 0.25) is 0 Å². The van der Waals surface area contributed by atoms with Crippen LogP contribution < -0.4 is 10.1 Å². The lowest BCUT2D eigenvalue weighted by Crippen LogP contribution is -2.25. The van der Waals surface area contributed by atoms with E-state index in [1.54, 1.807) is 12.2 Å². The Morgan fingerprint density at radius 1 is 1.42 bits per heavy atom. The number of allylic oxidation sites excluding steroid dienone is 1. The van der Waals surface area contributed by atoms with E-state index < -0.39 is 0 Å². The Bertz CT molecular complexity index is 399. The maximum atomic E-state index is 10.8. The van der Waals surface area contributed by atoms with Crippen molar-refractivity contribution in [1.82, 2.24) is 5.32 Å². The summed E-state index contributed by atoms with van der Waals surface area (Å²) in [5, 5.41) is 3.06. The van der Waals surface area contributed by atoms with Gasteiger partial charge in [-0.15, -0.1) is 0 Å². The molecule has 0 saturated carbocycles. The summed E-state index contributed by atoms with van der Waals surface area (Å²) in [6.45, 7) is 8.34. The molecule has 106 valence electrons. The van der Waals surface area contributed by atoms with Crippen LogP contribution in [0, 0.1) is 0 Å². The lowest BCUT2D eigenvalue weighted by Gasteiger charge is -2.14. The zero-order valence-corrected chi connectivity index (χ0v) is 12.6. The molecule has 1 rings (SSSR count). The third-order valence-corrected chi connectivity index (χ3v) is 2.20. The van der Waals surface area contributed by atoms with Crippen molar-refractivity contribution in [1.29, 1.82) is 0 Å². The van der Waals surface area contributed by atoms with Crippen LogP contribution in [0.3, 0.4) is 0 Å². The van der Waals surface area contributed by atoms with E-state index in [-0.39, 0.29) is 11.9 Å². The first kappa shape index (κ1) is 17.4. The molecule has 0 aliphatic rings. The maximum absolute atomic E-state index is 10.8. The largest absolute Gasteiger partial charge is 0.489 e. The molecule has 0 aliphatic heterocycles. The molecule has 19 heavy (non-hydrogen) atoms. The fourth-order valence-corrected chi connectivity index (χ4v) is 1.47. The summed E-state index contributed by atoms with van der Waals surface area (Å²) in [7, 11) is 1.89. The summed E-state index contributed by atoms with van der Waals surface area (Å²) >= 11 is 0. The number of ketones is 1. The molecule has 1 unspecified atom stereocenters. The van der Waals surface area contributed by atoms with Crippen LogP contribution in [0.1, 0.15) is 33.3 Å². The van der Waals surface area contributed by atoms with Gasteiger partial charge in [-0.2, -0.15) is 0 Å². The molecule has 1 aromatic carbocycles. The number of nitrogens with one attached hydrogen (secondary N) is 1. The number of carbonyl (C=O) groups excluding carboxylic acids is 1. The van der Waals surface area contributed by atoms with Gasteiger partial charge in [0, 0.05) is 6.54 Å². The van der Waals surface area contributed by atoms with Gasteiger partial charge in [-0.3, -0.25) is 4.79 Å². The highest BCUT2D eigenvalue weighted by Gasteiger charge is 2.02. The second-order valence-corrected chi connectivity index (χ2v) is 4.00. The average molecular weight is 263 g/mol. The quantitative estimate of drug-likeness (QED) is 0.800. The molecule has 0 aliphatic carbocycles. The number of benzene rings is 1. The predicted molar refractivity (Wildman–Crippen MR) is 81.5 cm³/mol. The second-order valence-electron chi connectivity index (χ2n) is 4.00. The van der Waals surface area contributed by atoms with E-state index in [1.807, 2.05) is 52.1 Å². The summed E-state index contributed by atoms with van der Waals surface area (Å²) in [6.07, 6.45) is 3.46. The van der Waals surface area contributed by atoms with Crippen molar-refractivity contribution in [3.63, 3.8) is 0 Å². The van der Waals surface area contributed by atoms with E-state index in [2.05, 4.69) is 5.32 Å². The molecule has 1 N–H and O–H groups in total. The van der Waals surface area contributed by atoms with Crippen molar-refractivity contribution in [2.75, 3.05) is 13.6 Å². The standard InChI is InChI=1S/C14H19NO2.C2H6/c1-11(16)7-8-13-5-4-6-14(9-13)17-12(2)10-15-3;1-2/h4-9,12,15H,10H2,1-3H3;1-2H3/b8-7+;. The molecule has 3 nitrogen and oxygen atoms in total. The van der Waals surface area contributed by atoms with Gasteiger partial charge in [-0.25, -0.2) is 0 Å². The van der Waals surface area contributed by atoms with Crippen molar-refractivity contribution in [2.45, 2.75) is 33.8 Å². The zero-order valence-electron chi connectivity index (χ0n) is 12.6. The first-order chi connectivity index (χ1) is 9.11. The van der Waals surface area contributed by atoms with Crippen molar-refractivity contribution < 1.29 is 9.53 Å². The number of likely N-dealkylation sites (N-methyl/N-ethyl adjacent to an activating group) is 1. The molecular weight excluding hydrogens is 238 g/mol. The third kappa shape index (κ3) is 8.16. The highest BCUT2D eigenvalue weighted by Crippen LogP contribution is 2.15. The molecular formula is C16H25NO2. The molecule has 0 fully saturated rings. The molecule has 0 spiro atoms. The highest BCUT2D eigenvalue weighted by atomic mass is 16.5. The predicted octanol–water partition coefficient (Wildman–Crippen LogP) is 3.30.